The molecular weight excluding hydrogens is 252 g/mol. The Morgan fingerprint density at radius 2 is 1.94 bits per heavy atom. The average molecular weight is 268 g/mol. The minimum atomic E-state index is -3.51. The van der Waals surface area contributed by atoms with Crippen LogP contribution in [0.15, 0.2) is 24.3 Å². The highest BCUT2D eigenvalue weighted by molar-refractivity contribution is 7.94. The fourth-order valence-corrected chi connectivity index (χ4v) is 1.85. The van der Waals surface area contributed by atoms with Crippen LogP contribution in [0.4, 0.5) is 5.69 Å². The van der Waals surface area contributed by atoms with E-state index in [4.69, 9.17) is 10.00 Å². The number of rotatable bonds is 4. The number of sulfonamides is 1. The average Bonchev–Trinajstić information content (AvgIpc) is 2.26. The predicted octanol–water partition coefficient (Wildman–Crippen LogP) is 2.13. The van der Waals surface area contributed by atoms with Gasteiger partial charge in [0.1, 0.15) is 11.8 Å². The third kappa shape index (κ3) is 3.37. The first-order valence-electron chi connectivity index (χ1n) is 5.39. The Morgan fingerprint density at radius 1 is 1.33 bits per heavy atom. The van der Waals surface area contributed by atoms with Gasteiger partial charge in [0.25, 0.3) is 0 Å². The van der Waals surface area contributed by atoms with E-state index in [-0.39, 0.29) is 6.61 Å². The van der Waals surface area contributed by atoms with Gasteiger partial charge in [-0.2, -0.15) is 5.26 Å². The topological polar surface area (TPSA) is 79.2 Å². The smallest absolute Gasteiger partial charge is 0.237 e. The van der Waals surface area contributed by atoms with Crippen molar-refractivity contribution in [1.82, 2.24) is 0 Å². The van der Waals surface area contributed by atoms with E-state index in [2.05, 4.69) is 4.72 Å². The molecule has 1 aromatic carbocycles. The maximum atomic E-state index is 12.0. The second-order valence-electron chi connectivity index (χ2n) is 4.66. The van der Waals surface area contributed by atoms with Gasteiger partial charge in [0.15, 0.2) is 6.61 Å². The number of nitrogens with zero attached hydrogens (tertiary/aromatic N) is 1. The van der Waals surface area contributed by atoms with Crippen molar-refractivity contribution in [2.45, 2.75) is 25.5 Å². The zero-order valence-electron chi connectivity index (χ0n) is 10.6. The van der Waals surface area contributed by atoms with Gasteiger partial charge in [-0.1, -0.05) is 12.1 Å². The summed E-state index contributed by atoms with van der Waals surface area (Å²) in [5.41, 5.74) is 0.336. The number of nitrogens with one attached hydrogen (secondary N) is 1. The van der Waals surface area contributed by atoms with Crippen molar-refractivity contribution in [3.63, 3.8) is 0 Å². The molecule has 1 rings (SSSR count). The number of anilines is 1. The molecule has 0 unspecified atom stereocenters. The third-order valence-electron chi connectivity index (χ3n) is 2.23. The van der Waals surface area contributed by atoms with Crippen molar-refractivity contribution in [3.8, 4) is 11.8 Å². The first-order valence-corrected chi connectivity index (χ1v) is 6.87. The molecular formula is C12H16N2O3S. The zero-order chi connectivity index (χ0) is 13.8. The zero-order valence-corrected chi connectivity index (χ0v) is 11.4. The number of hydrogen-bond donors (Lipinski definition) is 1. The first kappa shape index (κ1) is 14.3. The monoisotopic (exact) mass is 268 g/mol. The van der Waals surface area contributed by atoms with Crippen LogP contribution in [0.5, 0.6) is 5.75 Å². The standard InChI is InChI=1S/C12H16N2O3S/c1-12(2,3)18(15,16)14-10-6-4-5-7-11(10)17-9-8-13/h4-7,14H,9H2,1-3H3. The maximum Gasteiger partial charge on any atom is 0.237 e. The van der Waals surface area contributed by atoms with Gasteiger partial charge in [0.05, 0.1) is 10.4 Å². The van der Waals surface area contributed by atoms with Gasteiger partial charge >= 0.3 is 0 Å². The lowest BCUT2D eigenvalue weighted by atomic mass is 10.3. The fourth-order valence-electron chi connectivity index (χ4n) is 1.08. The molecule has 0 aliphatic carbocycles. The summed E-state index contributed by atoms with van der Waals surface area (Å²) in [5, 5.41) is 8.47. The van der Waals surface area contributed by atoms with E-state index in [1.165, 1.54) is 0 Å². The molecule has 0 bridgehead atoms. The molecule has 1 N–H and O–H groups in total. The lowest BCUT2D eigenvalue weighted by Crippen LogP contribution is -2.33. The summed E-state index contributed by atoms with van der Waals surface area (Å²) in [6, 6.07) is 8.44. The van der Waals surface area contributed by atoms with Crippen LogP contribution >= 0.6 is 0 Å². The Morgan fingerprint density at radius 3 is 2.50 bits per heavy atom. The molecule has 98 valence electrons. The van der Waals surface area contributed by atoms with E-state index in [0.29, 0.717) is 11.4 Å². The number of benzene rings is 1. The van der Waals surface area contributed by atoms with Gasteiger partial charge in [0, 0.05) is 0 Å². The second kappa shape index (κ2) is 5.27. The highest BCUT2D eigenvalue weighted by Gasteiger charge is 2.29. The van der Waals surface area contributed by atoms with Crippen molar-refractivity contribution >= 4 is 15.7 Å². The summed E-state index contributed by atoms with van der Waals surface area (Å²) < 4.78 is 30.7. The van der Waals surface area contributed by atoms with Crippen LogP contribution in [-0.4, -0.2) is 19.8 Å². The molecule has 5 nitrogen and oxygen atoms in total. The van der Waals surface area contributed by atoms with Crippen molar-refractivity contribution in [2.75, 3.05) is 11.3 Å². The van der Waals surface area contributed by atoms with Crippen LogP contribution in [0.25, 0.3) is 0 Å². The lowest BCUT2D eigenvalue weighted by molar-refractivity contribution is 0.370. The first-order chi connectivity index (χ1) is 8.28. The minimum absolute atomic E-state index is 0.131. The van der Waals surface area contributed by atoms with Gasteiger partial charge in [-0.15, -0.1) is 0 Å². The number of para-hydroxylation sites is 2. The third-order valence-corrected chi connectivity index (χ3v) is 4.33. The largest absolute Gasteiger partial charge is 0.477 e. The van der Waals surface area contributed by atoms with Crippen LogP contribution in [0.1, 0.15) is 20.8 Å². The van der Waals surface area contributed by atoms with Crippen molar-refractivity contribution in [3.05, 3.63) is 24.3 Å². The van der Waals surface area contributed by atoms with E-state index in [1.807, 2.05) is 6.07 Å². The van der Waals surface area contributed by atoms with Crippen LogP contribution in [0.2, 0.25) is 0 Å². The van der Waals surface area contributed by atoms with Crippen LogP contribution < -0.4 is 9.46 Å². The minimum Gasteiger partial charge on any atom is -0.477 e. The van der Waals surface area contributed by atoms with Crippen molar-refractivity contribution < 1.29 is 13.2 Å². The van der Waals surface area contributed by atoms with E-state index in [1.54, 1.807) is 45.0 Å². The molecule has 1 aromatic rings. The summed E-state index contributed by atoms with van der Waals surface area (Å²) in [7, 11) is -3.51. The second-order valence-corrected chi connectivity index (χ2v) is 7.10. The molecule has 0 amide bonds. The number of ether oxygens (including phenoxy) is 1. The highest BCUT2D eigenvalue weighted by atomic mass is 32.2. The molecule has 0 aliphatic rings. The maximum absolute atomic E-state index is 12.0. The van der Waals surface area contributed by atoms with Crippen LogP contribution in [-0.2, 0) is 10.0 Å². The Labute approximate surface area is 107 Å². The van der Waals surface area contributed by atoms with Crippen molar-refractivity contribution in [1.29, 1.82) is 5.26 Å². The summed E-state index contributed by atoms with van der Waals surface area (Å²) in [6.07, 6.45) is 0. The summed E-state index contributed by atoms with van der Waals surface area (Å²) in [4.78, 5) is 0. The van der Waals surface area contributed by atoms with Gasteiger partial charge in [-0.05, 0) is 32.9 Å². The molecule has 0 heterocycles. The molecule has 0 aliphatic heterocycles. The van der Waals surface area contributed by atoms with Crippen LogP contribution in [0, 0.1) is 11.3 Å². The van der Waals surface area contributed by atoms with Gasteiger partial charge in [-0.25, -0.2) is 8.42 Å². The Kier molecular flexibility index (Phi) is 4.19. The summed E-state index contributed by atoms with van der Waals surface area (Å²) >= 11 is 0. The van der Waals surface area contributed by atoms with Gasteiger partial charge in [-0.3, -0.25) is 4.72 Å². The number of nitriles is 1. The van der Waals surface area contributed by atoms with E-state index in [9.17, 15) is 8.42 Å². The summed E-state index contributed by atoms with van der Waals surface area (Å²) in [6.45, 7) is 4.69. The Balaban J connectivity index is 3.02. The van der Waals surface area contributed by atoms with Crippen molar-refractivity contribution in [2.24, 2.45) is 0 Å². The fraction of sp³-hybridized carbons (Fsp3) is 0.417. The Bertz CT molecular complexity index is 553. The normalized spacial score (nSPS) is 11.7. The predicted molar refractivity (Wildman–Crippen MR) is 69.8 cm³/mol. The van der Waals surface area contributed by atoms with Gasteiger partial charge < -0.3 is 4.74 Å². The lowest BCUT2D eigenvalue weighted by Gasteiger charge is -2.21. The molecule has 0 saturated carbocycles. The molecule has 0 spiro atoms. The quantitative estimate of drug-likeness (QED) is 0.907. The molecule has 0 atom stereocenters. The molecule has 6 heteroatoms. The molecule has 0 radical (unpaired) electrons. The molecule has 18 heavy (non-hydrogen) atoms. The SMILES string of the molecule is CC(C)(C)S(=O)(=O)Nc1ccccc1OCC#N. The van der Waals surface area contributed by atoms with E-state index in [0.717, 1.165) is 0 Å². The highest BCUT2D eigenvalue weighted by Crippen LogP contribution is 2.27. The molecule has 0 aromatic heterocycles. The Hall–Kier alpha value is -1.74. The molecule has 0 fully saturated rings. The van der Waals surface area contributed by atoms with E-state index >= 15 is 0 Å². The number of hydrogen-bond acceptors (Lipinski definition) is 4. The van der Waals surface area contributed by atoms with Crippen LogP contribution in [0.3, 0.4) is 0 Å². The summed E-state index contributed by atoms with van der Waals surface area (Å²) in [5.74, 6) is 0.340. The van der Waals surface area contributed by atoms with Gasteiger partial charge in [0.2, 0.25) is 10.0 Å². The molecule has 0 saturated heterocycles. The van der Waals surface area contributed by atoms with E-state index < -0.39 is 14.8 Å².